The summed E-state index contributed by atoms with van der Waals surface area (Å²) in [5.74, 6) is -0.395. The predicted octanol–water partition coefficient (Wildman–Crippen LogP) is 1.41. The molecule has 0 radical (unpaired) electrons. The molecule has 1 saturated heterocycles. The third-order valence-electron chi connectivity index (χ3n) is 3.64. The van der Waals surface area contributed by atoms with E-state index in [1.54, 1.807) is 0 Å². The molecule has 2 unspecified atom stereocenters. The Morgan fingerprint density at radius 1 is 1.50 bits per heavy atom. The van der Waals surface area contributed by atoms with Crippen molar-refractivity contribution < 1.29 is 19.4 Å². The summed E-state index contributed by atoms with van der Waals surface area (Å²) in [6.45, 7) is 3.99. The van der Waals surface area contributed by atoms with Gasteiger partial charge in [-0.3, -0.25) is 9.69 Å². The highest BCUT2D eigenvalue weighted by atomic mass is 16.5. The number of carbonyl (C=O) groups is 1. The molecular weight excluding hydrogens is 258 g/mol. The van der Waals surface area contributed by atoms with E-state index in [0.717, 1.165) is 11.3 Å². The van der Waals surface area contributed by atoms with Gasteiger partial charge in [-0.2, -0.15) is 0 Å². The number of aryl methyl sites for hydroxylation is 1. The van der Waals surface area contributed by atoms with Crippen LogP contribution in [0.1, 0.15) is 5.56 Å². The summed E-state index contributed by atoms with van der Waals surface area (Å²) in [5, 5.41) is 9.13. The number of ether oxygens (including phenoxy) is 2. The van der Waals surface area contributed by atoms with E-state index >= 15 is 0 Å². The van der Waals surface area contributed by atoms with Crippen LogP contribution in [0.5, 0.6) is 5.75 Å². The van der Waals surface area contributed by atoms with Gasteiger partial charge in [-0.15, -0.1) is 0 Å². The molecule has 5 nitrogen and oxygen atoms in total. The molecular formula is C15H21NO4. The van der Waals surface area contributed by atoms with Crippen LogP contribution in [0, 0.1) is 12.8 Å². The second-order valence-electron chi connectivity index (χ2n) is 5.20. The molecule has 0 aromatic heterocycles. The van der Waals surface area contributed by atoms with Crippen LogP contribution < -0.4 is 4.74 Å². The quantitative estimate of drug-likeness (QED) is 0.853. The van der Waals surface area contributed by atoms with Crippen molar-refractivity contribution in [3.8, 4) is 5.75 Å². The molecule has 0 saturated carbocycles. The molecule has 110 valence electrons. The Labute approximate surface area is 119 Å². The van der Waals surface area contributed by atoms with Gasteiger partial charge in [0.2, 0.25) is 0 Å². The first-order valence-corrected chi connectivity index (χ1v) is 6.78. The van der Waals surface area contributed by atoms with Gasteiger partial charge in [-0.1, -0.05) is 12.1 Å². The Balaban J connectivity index is 1.80. The van der Waals surface area contributed by atoms with Crippen LogP contribution in [-0.4, -0.2) is 55.4 Å². The molecule has 1 aliphatic rings. The number of benzene rings is 1. The molecule has 1 aromatic carbocycles. The highest BCUT2D eigenvalue weighted by molar-refractivity contribution is 5.71. The van der Waals surface area contributed by atoms with Gasteiger partial charge in [0, 0.05) is 12.6 Å². The lowest BCUT2D eigenvalue weighted by molar-refractivity contribution is -0.143. The molecule has 1 heterocycles. The topological polar surface area (TPSA) is 59.0 Å². The monoisotopic (exact) mass is 279 g/mol. The Morgan fingerprint density at radius 2 is 2.30 bits per heavy atom. The van der Waals surface area contributed by atoms with Gasteiger partial charge in [0.15, 0.2) is 0 Å². The second kappa shape index (κ2) is 6.72. The first-order valence-electron chi connectivity index (χ1n) is 6.78. The molecule has 0 aliphatic carbocycles. The zero-order valence-corrected chi connectivity index (χ0v) is 11.9. The Bertz CT molecular complexity index is 463. The van der Waals surface area contributed by atoms with E-state index in [1.165, 1.54) is 0 Å². The lowest BCUT2D eigenvalue weighted by Gasteiger charge is -2.25. The lowest BCUT2D eigenvalue weighted by Crippen LogP contribution is -2.42. The average molecular weight is 279 g/mol. The van der Waals surface area contributed by atoms with Crippen LogP contribution in [0.3, 0.4) is 0 Å². The smallest absolute Gasteiger partial charge is 0.310 e. The minimum absolute atomic E-state index is 0.0754. The fraction of sp³-hybridized carbons (Fsp3) is 0.533. The minimum atomic E-state index is -0.793. The van der Waals surface area contributed by atoms with Crippen molar-refractivity contribution >= 4 is 5.97 Å². The molecule has 0 amide bonds. The summed E-state index contributed by atoms with van der Waals surface area (Å²) < 4.78 is 11.0. The van der Waals surface area contributed by atoms with Crippen molar-refractivity contribution in [2.45, 2.75) is 13.0 Å². The number of rotatable bonds is 6. The standard InChI is InChI=1S/C15H21NO4/c1-11-4-3-5-12(8-11)20-7-6-16(2)14-10-19-9-13(14)15(17)18/h3-5,8,13-14H,6-7,9-10H2,1-2H3,(H,17,18). The Morgan fingerprint density at radius 3 is 3.00 bits per heavy atom. The first-order chi connectivity index (χ1) is 9.58. The van der Waals surface area contributed by atoms with E-state index in [0.29, 0.717) is 26.4 Å². The number of hydrogen-bond donors (Lipinski definition) is 1. The molecule has 0 bridgehead atoms. The van der Waals surface area contributed by atoms with Crippen molar-refractivity contribution in [1.82, 2.24) is 4.90 Å². The average Bonchev–Trinajstić information content (AvgIpc) is 2.88. The number of carboxylic acids is 1. The summed E-state index contributed by atoms with van der Waals surface area (Å²) in [4.78, 5) is 13.1. The van der Waals surface area contributed by atoms with Crippen molar-refractivity contribution in [2.24, 2.45) is 5.92 Å². The van der Waals surface area contributed by atoms with Crippen molar-refractivity contribution in [2.75, 3.05) is 33.4 Å². The first kappa shape index (κ1) is 14.8. The summed E-state index contributed by atoms with van der Waals surface area (Å²) in [5.41, 5.74) is 1.16. The van der Waals surface area contributed by atoms with Crippen LogP contribution in [0.25, 0.3) is 0 Å². The summed E-state index contributed by atoms with van der Waals surface area (Å²) in [7, 11) is 1.91. The minimum Gasteiger partial charge on any atom is -0.492 e. The van der Waals surface area contributed by atoms with Crippen molar-refractivity contribution in [3.05, 3.63) is 29.8 Å². The highest BCUT2D eigenvalue weighted by Gasteiger charge is 2.36. The zero-order chi connectivity index (χ0) is 14.5. The third-order valence-corrected chi connectivity index (χ3v) is 3.64. The fourth-order valence-electron chi connectivity index (χ4n) is 2.39. The van der Waals surface area contributed by atoms with Gasteiger partial charge in [-0.05, 0) is 31.7 Å². The zero-order valence-electron chi connectivity index (χ0n) is 11.9. The number of aliphatic carboxylic acids is 1. The molecule has 1 fully saturated rings. The van der Waals surface area contributed by atoms with Gasteiger partial charge >= 0.3 is 5.97 Å². The predicted molar refractivity (Wildman–Crippen MR) is 75.0 cm³/mol. The van der Waals surface area contributed by atoms with Gasteiger partial charge in [0.05, 0.1) is 19.1 Å². The van der Waals surface area contributed by atoms with E-state index in [1.807, 2.05) is 43.1 Å². The van der Waals surface area contributed by atoms with Gasteiger partial charge in [0.1, 0.15) is 12.4 Å². The maximum absolute atomic E-state index is 11.1. The number of likely N-dealkylation sites (N-methyl/N-ethyl adjacent to an activating group) is 1. The molecule has 20 heavy (non-hydrogen) atoms. The number of nitrogens with zero attached hydrogens (tertiary/aromatic N) is 1. The number of carboxylic acid groups (broad SMARTS) is 1. The van der Waals surface area contributed by atoms with Gasteiger partial charge < -0.3 is 14.6 Å². The van der Waals surface area contributed by atoms with Crippen molar-refractivity contribution in [1.29, 1.82) is 0 Å². The normalized spacial score (nSPS) is 22.1. The summed E-state index contributed by atoms with van der Waals surface area (Å²) in [6, 6.07) is 7.81. The largest absolute Gasteiger partial charge is 0.492 e. The van der Waals surface area contributed by atoms with Crippen LogP contribution in [0.15, 0.2) is 24.3 Å². The van der Waals surface area contributed by atoms with E-state index in [-0.39, 0.29) is 6.04 Å². The van der Waals surface area contributed by atoms with E-state index in [4.69, 9.17) is 14.6 Å². The lowest BCUT2D eigenvalue weighted by atomic mass is 10.0. The third kappa shape index (κ3) is 3.71. The van der Waals surface area contributed by atoms with Crippen LogP contribution >= 0.6 is 0 Å². The summed E-state index contributed by atoms with van der Waals surface area (Å²) in [6.07, 6.45) is 0. The highest BCUT2D eigenvalue weighted by Crippen LogP contribution is 2.19. The van der Waals surface area contributed by atoms with E-state index in [2.05, 4.69) is 0 Å². The fourth-order valence-corrected chi connectivity index (χ4v) is 2.39. The summed E-state index contributed by atoms with van der Waals surface area (Å²) >= 11 is 0. The van der Waals surface area contributed by atoms with Crippen LogP contribution in [0.4, 0.5) is 0 Å². The maximum Gasteiger partial charge on any atom is 0.310 e. The van der Waals surface area contributed by atoms with E-state index in [9.17, 15) is 4.79 Å². The Hall–Kier alpha value is -1.59. The molecule has 1 aromatic rings. The molecule has 2 rings (SSSR count). The Kier molecular flexibility index (Phi) is 4.98. The maximum atomic E-state index is 11.1. The molecule has 1 aliphatic heterocycles. The molecule has 1 N–H and O–H groups in total. The number of hydrogen-bond acceptors (Lipinski definition) is 4. The van der Waals surface area contributed by atoms with Gasteiger partial charge in [-0.25, -0.2) is 0 Å². The van der Waals surface area contributed by atoms with E-state index < -0.39 is 11.9 Å². The van der Waals surface area contributed by atoms with Crippen LogP contribution in [-0.2, 0) is 9.53 Å². The molecule has 2 atom stereocenters. The molecule has 5 heteroatoms. The van der Waals surface area contributed by atoms with Gasteiger partial charge in [0.25, 0.3) is 0 Å². The van der Waals surface area contributed by atoms with Crippen LogP contribution in [0.2, 0.25) is 0 Å². The second-order valence-corrected chi connectivity index (χ2v) is 5.20. The molecule has 0 spiro atoms. The van der Waals surface area contributed by atoms with Crippen molar-refractivity contribution in [3.63, 3.8) is 0 Å². The SMILES string of the molecule is Cc1cccc(OCCN(C)C2COCC2C(=O)O)c1.